The van der Waals surface area contributed by atoms with Gasteiger partial charge in [-0.1, -0.05) is 6.92 Å². The first kappa shape index (κ1) is 6.40. The van der Waals surface area contributed by atoms with Crippen LogP contribution in [0.3, 0.4) is 0 Å². The smallest absolute Gasteiger partial charge is 0.0991 e. The molecule has 0 saturated carbocycles. The van der Waals surface area contributed by atoms with E-state index in [0.29, 0.717) is 0 Å². The van der Waals surface area contributed by atoms with Crippen molar-refractivity contribution in [2.45, 2.75) is 13.3 Å². The molecule has 0 spiro atoms. The van der Waals surface area contributed by atoms with Crippen molar-refractivity contribution in [3.05, 3.63) is 36.4 Å². The summed E-state index contributed by atoms with van der Waals surface area (Å²) < 4.78 is 2.01. The van der Waals surface area contributed by atoms with Gasteiger partial charge in [0, 0.05) is 6.20 Å². The molecule has 0 aliphatic heterocycles. The minimum atomic E-state index is 1.08. The number of hydrogen-bond acceptors (Lipinski definition) is 1. The lowest BCUT2D eigenvalue weighted by atomic mass is 10.2. The van der Waals surface area contributed by atoms with E-state index in [0.717, 1.165) is 6.42 Å². The normalized spacial score (nSPS) is 10.6. The highest BCUT2D eigenvalue weighted by molar-refractivity contribution is 5.46. The van der Waals surface area contributed by atoms with Gasteiger partial charge in [-0.2, -0.15) is 0 Å². The molecule has 0 radical (unpaired) electrons. The van der Waals surface area contributed by atoms with Crippen LogP contribution in [0.2, 0.25) is 0 Å². The van der Waals surface area contributed by atoms with Crippen LogP contribution < -0.4 is 0 Å². The summed E-state index contributed by atoms with van der Waals surface area (Å²) in [5.41, 5.74) is 2.53. The molecule has 0 N–H and O–H groups in total. The lowest BCUT2D eigenvalue weighted by Crippen LogP contribution is -1.84. The molecule has 11 heavy (non-hydrogen) atoms. The van der Waals surface area contributed by atoms with E-state index in [1.165, 1.54) is 11.1 Å². The van der Waals surface area contributed by atoms with Gasteiger partial charge in [0.25, 0.3) is 0 Å². The van der Waals surface area contributed by atoms with Gasteiger partial charge in [0.1, 0.15) is 0 Å². The monoisotopic (exact) mass is 146 g/mol. The molecule has 0 unspecified atom stereocenters. The Bertz CT molecular complexity index is 362. The van der Waals surface area contributed by atoms with Gasteiger partial charge in [-0.15, -0.1) is 0 Å². The zero-order chi connectivity index (χ0) is 7.68. The van der Waals surface area contributed by atoms with Crippen LogP contribution in [0.5, 0.6) is 0 Å². The van der Waals surface area contributed by atoms with E-state index in [4.69, 9.17) is 0 Å². The molecule has 0 aliphatic rings. The molecule has 0 aromatic carbocycles. The highest BCUT2D eigenvalue weighted by Gasteiger charge is 1.92. The first-order valence-electron chi connectivity index (χ1n) is 3.81. The summed E-state index contributed by atoms with van der Waals surface area (Å²) in [4.78, 5) is 4.04. The third kappa shape index (κ3) is 1.00. The summed E-state index contributed by atoms with van der Waals surface area (Å²) in [6, 6.07) is 4.28. The van der Waals surface area contributed by atoms with Crippen LogP contribution in [0.15, 0.2) is 30.9 Å². The standard InChI is InChI=1S/C9H10N2/c1-2-8-3-4-11-7-10-6-9(11)5-8/h3-7H,2H2,1H3. The average molecular weight is 146 g/mol. The Morgan fingerprint density at radius 1 is 1.55 bits per heavy atom. The Morgan fingerprint density at radius 2 is 2.45 bits per heavy atom. The summed E-state index contributed by atoms with van der Waals surface area (Å²) in [5, 5.41) is 0. The molecule has 2 heteroatoms. The maximum absolute atomic E-state index is 4.04. The molecule has 2 rings (SSSR count). The second kappa shape index (κ2) is 2.38. The molecule has 2 nitrogen and oxygen atoms in total. The van der Waals surface area contributed by atoms with Crippen LogP contribution in [-0.2, 0) is 6.42 Å². The van der Waals surface area contributed by atoms with E-state index in [9.17, 15) is 0 Å². The minimum Gasteiger partial charge on any atom is -0.306 e. The minimum absolute atomic E-state index is 1.08. The van der Waals surface area contributed by atoms with E-state index < -0.39 is 0 Å². The Balaban J connectivity index is 2.67. The average Bonchev–Trinajstić information content (AvgIpc) is 2.50. The SMILES string of the molecule is CCc1ccn2cncc2c1. The van der Waals surface area contributed by atoms with Crippen molar-refractivity contribution in [1.82, 2.24) is 9.38 Å². The second-order valence-electron chi connectivity index (χ2n) is 2.61. The number of aryl methyl sites for hydroxylation is 1. The Hall–Kier alpha value is -1.31. The lowest BCUT2D eigenvalue weighted by Gasteiger charge is -1.96. The molecule has 0 fully saturated rings. The Morgan fingerprint density at radius 3 is 3.27 bits per heavy atom. The number of pyridine rings is 1. The fourth-order valence-corrected chi connectivity index (χ4v) is 1.19. The van der Waals surface area contributed by atoms with Crippen LogP contribution >= 0.6 is 0 Å². The number of rotatable bonds is 1. The van der Waals surface area contributed by atoms with Crippen LogP contribution in [0, 0.1) is 0 Å². The van der Waals surface area contributed by atoms with Crippen molar-refractivity contribution >= 4 is 5.52 Å². The summed E-state index contributed by atoms with van der Waals surface area (Å²) >= 11 is 0. The molecule has 2 aromatic heterocycles. The topological polar surface area (TPSA) is 17.3 Å². The first-order valence-corrected chi connectivity index (χ1v) is 3.81. The highest BCUT2D eigenvalue weighted by atomic mass is 15.0. The van der Waals surface area contributed by atoms with Gasteiger partial charge in [-0.3, -0.25) is 0 Å². The van der Waals surface area contributed by atoms with Gasteiger partial charge in [-0.05, 0) is 24.1 Å². The maximum atomic E-state index is 4.04. The third-order valence-corrected chi connectivity index (χ3v) is 1.89. The van der Waals surface area contributed by atoms with Gasteiger partial charge in [0.15, 0.2) is 0 Å². The quantitative estimate of drug-likeness (QED) is 0.600. The van der Waals surface area contributed by atoms with E-state index in [2.05, 4.69) is 24.0 Å². The predicted molar refractivity (Wildman–Crippen MR) is 44.6 cm³/mol. The zero-order valence-corrected chi connectivity index (χ0v) is 6.49. The maximum Gasteiger partial charge on any atom is 0.0991 e. The van der Waals surface area contributed by atoms with Gasteiger partial charge in [0.05, 0.1) is 18.0 Å². The number of fused-ring (bicyclic) bond motifs is 1. The summed E-state index contributed by atoms with van der Waals surface area (Å²) in [7, 11) is 0. The van der Waals surface area contributed by atoms with Gasteiger partial charge in [0.2, 0.25) is 0 Å². The van der Waals surface area contributed by atoms with E-state index in [-0.39, 0.29) is 0 Å². The molecule has 0 atom stereocenters. The van der Waals surface area contributed by atoms with E-state index in [1.54, 1.807) is 0 Å². The Labute approximate surface area is 65.5 Å². The van der Waals surface area contributed by atoms with E-state index in [1.807, 2.05) is 23.1 Å². The number of hydrogen-bond donors (Lipinski definition) is 0. The molecule has 0 bridgehead atoms. The fraction of sp³-hybridized carbons (Fsp3) is 0.222. The highest BCUT2D eigenvalue weighted by Crippen LogP contribution is 2.06. The summed E-state index contributed by atoms with van der Waals surface area (Å²) in [6.07, 6.45) is 6.82. The van der Waals surface area contributed by atoms with E-state index >= 15 is 0 Å². The van der Waals surface area contributed by atoms with Crippen LogP contribution in [0.4, 0.5) is 0 Å². The summed E-state index contributed by atoms with van der Waals surface area (Å²) in [5.74, 6) is 0. The Kier molecular flexibility index (Phi) is 1.39. The molecular weight excluding hydrogens is 136 g/mol. The van der Waals surface area contributed by atoms with Crippen molar-refractivity contribution in [3.8, 4) is 0 Å². The van der Waals surface area contributed by atoms with Crippen molar-refractivity contribution in [2.24, 2.45) is 0 Å². The van der Waals surface area contributed by atoms with Crippen molar-refractivity contribution < 1.29 is 0 Å². The van der Waals surface area contributed by atoms with Crippen molar-refractivity contribution in [3.63, 3.8) is 0 Å². The number of nitrogens with zero attached hydrogens (tertiary/aromatic N) is 2. The molecule has 2 heterocycles. The second-order valence-corrected chi connectivity index (χ2v) is 2.61. The van der Waals surface area contributed by atoms with Crippen LogP contribution in [-0.4, -0.2) is 9.38 Å². The summed E-state index contributed by atoms with van der Waals surface area (Å²) in [6.45, 7) is 2.15. The van der Waals surface area contributed by atoms with Gasteiger partial charge in [-0.25, -0.2) is 4.98 Å². The van der Waals surface area contributed by atoms with Gasteiger partial charge < -0.3 is 4.40 Å². The first-order chi connectivity index (χ1) is 5.40. The third-order valence-electron chi connectivity index (χ3n) is 1.89. The molecular formula is C9H10N2. The van der Waals surface area contributed by atoms with Crippen LogP contribution in [0.1, 0.15) is 12.5 Å². The largest absolute Gasteiger partial charge is 0.306 e. The molecule has 2 aromatic rings. The van der Waals surface area contributed by atoms with Crippen LogP contribution in [0.25, 0.3) is 5.52 Å². The molecule has 0 aliphatic carbocycles. The number of imidazole rings is 1. The molecule has 0 amide bonds. The lowest BCUT2D eigenvalue weighted by molar-refractivity contribution is 1.09. The molecule has 56 valence electrons. The fourth-order valence-electron chi connectivity index (χ4n) is 1.19. The zero-order valence-electron chi connectivity index (χ0n) is 6.49. The van der Waals surface area contributed by atoms with Gasteiger partial charge >= 0.3 is 0 Å². The number of aromatic nitrogens is 2. The van der Waals surface area contributed by atoms with Crippen molar-refractivity contribution in [1.29, 1.82) is 0 Å². The predicted octanol–water partition coefficient (Wildman–Crippen LogP) is 1.90. The van der Waals surface area contributed by atoms with Crippen molar-refractivity contribution in [2.75, 3.05) is 0 Å². The molecule has 0 saturated heterocycles.